The Kier molecular flexibility index (Phi) is 5.95. The van der Waals surface area contributed by atoms with Gasteiger partial charge in [-0.15, -0.1) is 0 Å². The van der Waals surface area contributed by atoms with Gasteiger partial charge < -0.3 is 5.73 Å². The minimum absolute atomic E-state index is 0.266. The first-order chi connectivity index (χ1) is 9.58. The van der Waals surface area contributed by atoms with E-state index in [9.17, 15) is 0 Å². The third-order valence-corrected chi connectivity index (χ3v) is 5.72. The van der Waals surface area contributed by atoms with Crippen molar-refractivity contribution in [2.24, 2.45) is 17.1 Å². The van der Waals surface area contributed by atoms with Crippen molar-refractivity contribution in [2.75, 3.05) is 6.54 Å². The number of benzene rings is 1. The molecule has 20 heavy (non-hydrogen) atoms. The van der Waals surface area contributed by atoms with Crippen molar-refractivity contribution in [1.82, 2.24) is 0 Å². The summed E-state index contributed by atoms with van der Waals surface area (Å²) < 4.78 is 1.04. The number of rotatable bonds is 5. The maximum absolute atomic E-state index is 6.38. The third kappa shape index (κ3) is 3.99. The second-order valence-corrected chi connectivity index (χ2v) is 7.67. The lowest BCUT2D eigenvalue weighted by Crippen LogP contribution is -2.37. The van der Waals surface area contributed by atoms with E-state index in [4.69, 9.17) is 17.3 Å². The molecule has 1 aromatic rings. The van der Waals surface area contributed by atoms with Crippen LogP contribution < -0.4 is 5.73 Å². The fourth-order valence-electron chi connectivity index (χ4n) is 3.51. The van der Waals surface area contributed by atoms with Gasteiger partial charge in [-0.1, -0.05) is 53.4 Å². The van der Waals surface area contributed by atoms with E-state index in [0.717, 1.165) is 28.4 Å². The highest BCUT2D eigenvalue weighted by Gasteiger charge is 2.34. The molecule has 1 aliphatic rings. The number of nitrogens with two attached hydrogens (primary N) is 1. The summed E-state index contributed by atoms with van der Waals surface area (Å²) in [6.07, 6.45) is 8.87. The van der Waals surface area contributed by atoms with Crippen molar-refractivity contribution in [1.29, 1.82) is 0 Å². The first kappa shape index (κ1) is 16.3. The highest BCUT2D eigenvalue weighted by molar-refractivity contribution is 9.10. The minimum Gasteiger partial charge on any atom is -0.330 e. The quantitative estimate of drug-likeness (QED) is 0.730. The number of halogens is 2. The van der Waals surface area contributed by atoms with Gasteiger partial charge in [0.1, 0.15) is 0 Å². The van der Waals surface area contributed by atoms with E-state index in [2.05, 4.69) is 35.0 Å². The van der Waals surface area contributed by atoms with Gasteiger partial charge in [-0.05, 0) is 67.7 Å². The van der Waals surface area contributed by atoms with Crippen LogP contribution in [0.1, 0.15) is 51.0 Å². The zero-order valence-electron chi connectivity index (χ0n) is 12.3. The Labute approximate surface area is 136 Å². The molecule has 1 aliphatic carbocycles. The SMILES string of the molecule is CCCC1CCC(CN)(Cc2ccc(Br)cc2Cl)CC1. The molecule has 0 atom stereocenters. The molecule has 0 spiro atoms. The summed E-state index contributed by atoms with van der Waals surface area (Å²) in [5.74, 6) is 0.917. The van der Waals surface area contributed by atoms with E-state index in [-0.39, 0.29) is 5.41 Å². The second kappa shape index (κ2) is 7.29. The Hall–Kier alpha value is -0.0500. The van der Waals surface area contributed by atoms with E-state index in [1.54, 1.807) is 0 Å². The van der Waals surface area contributed by atoms with Crippen LogP contribution in [-0.2, 0) is 6.42 Å². The van der Waals surface area contributed by atoms with Crippen LogP contribution >= 0.6 is 27.5 Å². The van der Waals surface area contributed by atoms with E-state index >= 15 is 0 Å². The Morgan fingerprint density at radius 2 is 2.05 bits per heavy atom. The molecular formula is C17H25BrClN. The number of hydrogen-bond donors (Lipinski definition) is 1. The van der Waals surface area contributed by atoms with Crippen molar-refractivity contribution in [3.8, 4) is 0 Å². The zero-order valence-corrected chi connectivity index (χ0v) is 14.6. The fraction of sp³-hybridized carbons (Fsp3) is 0.647. The van der Waals surface area contributed by atoms with Gasteiger partial charge in [0, 0.05) is 9.50 Å². The van der Waals surface area contributed by atoms with E-state index in [1.165, 1.54) is 44.1 Å². The molecule has 0 unspecified atom stereocenters. The molecule has 1 saturated carbocycles. The van der Waals surface area contributed by atoms with Crippen LogP contribution in [0.2, 0.25) is 5.02 Å². The summed E-state index contributed by atoms with van der Waals surface area (Å²) in [7, 11) is 0. The Morgan fingerprint density at radius 1 is 1.35 bits per heavy atom. The highest BCUT2D eigenvalue weighted by atomic mass is 79.9. The molecule has 0 saturated heterocycles. The zero-order chi connectivity index (χ0) is 14.6. The lowest BCUT2D eigenvalue weighted by atomic mass is 9.67. The van der Waals surface area contributed by atoms with Crippen LogP contribution in [-0.4, -0.2) is 6.54 Å². The lowest BCUT2D eigenvalue weighted by Gasteiger charge is -2.40. The third-order valence-electron chi connectivity index (χ3n) is 4.88. The highest BCUT2D eigenvalue weighted by Crippen LogP contribution is 2.43. The monoisotopic (exact) mass is 357 g/mol. The van der Waals surface area contributed by atoms with Gasteiger partial charge in [0.05, 0.1) is 0 Å². The molecule has 0 bridgehead atoms. The summed E-state index contributed by atoms with van der Waals surface area (Å²) in [4.78, 5) is 0. The van der Waals surface area contributed by atoms with E-state index in [0.29, 0.717) is 0 Å². The van der Waals surface area contributed by atoms with Crippen molar-refractivity contribution in [3.63, 3.8) is 0 Å². The predicted octanol–water partition coefficient (Wildman–Crippen LogP) is 5.58. The number of hydrogen-bond acceptors (Lipinski definition) is 1. The molecule has 1 aromatic carbocycles. The molecule has 0 radical (unpaired) electrons. The smallest absolute Gasteiger partial charge is 0.0449 e. The second-order valence-electron chi connectivity index (χ2n) is 6.35. The van der Waals surface area contributed by atoms with Crippen molar-refractivity contribution < 1.29 is 0 Å². The predicted molar refractivity (Wildman–Crippen MR) is 91.2 cm³/mol. The normalized spacial score (nSPS) is 26.7. The van der Waals surface area contributed by atoms with E-state index in [1.807, 2.05) is 6.07 Å². The van der Waals surface area contributed by atoms with Crippen LogP contribution in [0.4, 0.5) is 0 Å². The Bertz CT molecular complexity index is 439. The molecule has 112 valence electrons. The average Bonchev–Trinajstić information content (AvgIpc) is 2.45. The van der Waals surface area contributed by atoms with Gasteiger partial charge in [-0.25, -0.2) is 0 Å². The molecule has 0 heterocycles. The summed E-state index contributed by atoms with van der Waals surface area (Å²) in [6, 6.07) is 6.21. The van der Waals surface area contributed by atoms with Crippen LogP contribution in [0.15, 0.2) is 22.7 Å². The summed E-state index contributed by atoms with van der Waals surface area (Å²) in [6.45, 7) is 3.06. The molecule has 1 nitrogen and oxygen atoms in total. The largest absolute Gasteiger partial charge is 0.330 e. The fourth-order valence-corrected chi connectivity index (χ4v) is 4.25. The van der Waals surface area contributed by atoms with Gasteiger partial charge >= 0.3 is 0 Å². The molecule has 0 aliphatic heterocycles. The van der Waals surface area contributed by atoms with Gasteiger partial charge in [-0.3, -0.25) is 0 Å². The van der Waals surface area contributed by atoms with Crippen molar-refractivity contribution in [2.45, 2.75) is 51.9 Å². The first-order valence-electron chi connectivity index (χ1n) is 7.72. The first-order valence-corrected chi connectivity index (χ1v) is 8.89. The lowest BCUT2D eigenvalue weighted by molar-refractivity contribution is 0.151. The molecule has 2 rings (SSSR count). The van der Waals surface area contributed by atoms with Crippen LogP contribution in [0.5, 0.6) is 0 Å². The molecule has 0 aromatic heterocycles. The van der Waals surface area contributed by atoms with Crippen molar-refractivity contribution >= 4 is 27.5 Å². The van der Waals surface area contributed by atoms with Gasteiger partial charge in [0.2, 0.25) is 0 Å². The molecule has 2 N–H and O–H groups in total. The molecule has 0 amide bonds. The standard InChI is InChI=1S/C17H25BrClN/c1-2-3-13-6-8-17(12-20,9-7-13)11-14-4-5-15(18)10-16(14)19/h4-5,10,13H,2-3,6-9,11-12,20H2,1H3. The summed E-state index contributed by atoms with van der Waals surface area (Å²) in [5, 5.41) is 0.864. The Balaban J connectivity index is 2.05. The average molecular weight is 359 g/mol. The van der Waals surface area contributed by atoms with Gasteiger partial charge in [0.25, 0.3) is 0 Å². The van der Waals surface area contributed by atoms with Gasteiger partial charge in [-0.2, -0.15) is 0 Å². The van der Waals surface area contributed by atoms with E-state index < -0.39 is 0 Å². The Morgan fingerprint density at radius 3 is 2.60 bits per heavy atom. The minimum atomic E-state index is 0.266. The maximum atomic E-state index is 6.38. The van der Waals surface area contributed by atoms with Crippen molar-refractivity contribution in [3.05, 3.63) is 33.3 Å². The molecular weight excluding hydrogens is 334 g/mol. The van der Waals surface area contributed by atoms with Crippen LogP contribution in [0.25, 0.3) is 0 Å². The molecule has 3 heteroatoms. The van der Waals surface area contributed by atoms with Crippen LogP contribution in [0.3, 0.4) is 0 Å². The maximum Gasteiger partial charge on any atom is 0.0449 e. The summed E-state index contributed by atoms with van der Waals surface area (Å²) in [5.41, 5.74) is 7.64. The van der Waals surface area contributed by atoms with Crippen LogP contribution in [0, 0.1) is 11.3 Å². The summed E-state index contributed by atoms with van der Waals surface area (Å²) >= 11 is 9.84. The topological polar surface area (TPSA) is 26.0 Å². The molecule has 1 fully saturated rings. The van der Waals surface area contributed by atoms with Gasteiger partial charge in [0.15, 0.2) is 0 Å².